The molecule has 2 aromatic carbocycles. The van der Waals surface area contributed by atoms with Gasteiger partial charge in [-0.1, -0.05) is 48.2 Å². The molecule has 4 rings (SSSR count). The summed E-state index contributed by atoms with van der Waals surface area (Å²) in [6.07, 6.45) is 5.02. The standard InChI is InChI=1S/C26H26Cl2N4O5S/c27-19-7-5-18(6-8-19)16-32(38(35,36)24-13-9-20(28)10-14-24)17-23-12-11-22(37-23)15-29-31-26(34)25(33)30-21-3-1-2-4-21/h5-15,21H,1-4,16-17H2,(H,30,33)(H,31,34)/b29-15+. The summed E-state index contributed by atoms with van der Waals surface area (Å²) in [5, 5.41) is 7.42. The van der Waals surface area contributed by atoms with Crippen LogP contribution in [0.2, 0.25) is 10.0 Å². The third-order valence-electron chi connectivity index (χ3n) is 5.99. The molecule has 2 amide bonds. The molecule has 1 aliphatic carbocycles. The summed E-state index contributed by atoms with van der Waals surface area (Å²) in [5.41, 5.74) is 2.91. The van der Waals surface area contributed by atoms with Crippen LogP contribution in [0.5, 0.6) is 0 Å². The van der Waals surface area contributed by atoms with E-state index in [0.29, 0.717) is 15.8 Å². The number of carbonyl (C=O) groups is 2. The molecule has 0 atom stereocenters. The molecule has 0 radical (unpaired) electrons. The average molecular weight is 577 g/mol. The van der Waals surface area contributed by atoms with E-state index in [9.17, 15) is 18.0 Å². The van der Waals surface area contributed by atoms with Crippen molar-refractivity contribution in [3.63, 3.8) is 0 Å². The van der Waals surface area contributed by atoms with Crippen LogP contribution in [0.4, 0.5) is 0 Å². The van der Waals surface area contributed by atoms with Gasteiger partial charge in [0.25, 0.3) is 0 Å². The maximum Gasteiger partial charge on any atom is 0.329 e. The lowest BCUT2D eigenvalue weighted by molar-refractivity contribution is -0.139. The Balaban J connectivity index is 1.44. The number of nitrogens with zero attached hydrogens (tertiary/aromatic N) is 2. The Bertz CT molecular complexity index is 1400. The van der Waals surface area contributed by atoms with Gasteiger partial charge in [0.15, 0.2) is 0 Å². The molecule has 1 heterocycles. The van der Waals surface area contributed by atoms with Crippen molar-refractivity contribution in [1.82, 2.24) is 15.0 Å². The molecule has 0 spiro atoms. The quantitative estimate of drug-likeness (QED) is 0.221. The largest absolute Gasteiger partial charge is 0.459 e. The SMILES string of the molecule is O=C(N/N=C/c1ccc(CN(Cc2ccc(Cl)cc2)S(=O)(=O)c2ccc(Cl)cc2)o1)C(=O)NC1CCCC1. The second-order valence-corrected chi connectivity index (χ2v) is 11.6. The molecule has 0 bridgehead atoms. The maximum absolute atomic E-state index is 13.5. The van der Waals surface area contributed by atoms with Gasteiger partial charge in [0, 0.05) is 22.6 Å². The molecule has 3 aromatic rings. The van der Waals surface area contributed by atoms with Crippen LogP contribution in [-0.4, -0.2) is 36.8 Å². The molecule has 0 unspecified atom stereocenters. The zero-order valence-corrected chi connectivity index (χ0v) is 22.6. The molecule has 1 fully saturated rings. The van der Waals surface area contributed by atoms with Crippen molar-refractivity contribution < 1.29 is 22.4 Å². The molecule has 9 nitrogen and oxygen atoms in total. The molecular weight excluding hydrogens is 551 g/mol. The van der Waals surface area contributed by atoms with Gasteiger partial charge >= 0.3 is 11.8 Å². The first-order valence-corrected chi connectivity index (χ1v) is 14.1. The van der Waals surface area contributed by atoms with E-state index in [1.807, 2.05) is 0 Å². The average Bonchev–Trinajstić information content (AvgIpc) is 3.57. The van der Waals surface area contributed by atoms with Crippen molar-refractivity contribution in [2.24, 2.45) is 5.10 Å². The highest BCUT2D eigenvalue weighted by Gasteiger charge is 2.26. The van der Waals surface area contributed by atoms with Gasteiger partial charge in [-0.3, -0.25) is 9.59 Å². The van der Waals surface area contributed by atoms with Gasteiger partial charge in [-0.15, -0.1) is 0 Å². The van der Waals surface area contributed by atoms with E-state index < -0.39 is 21.8 Å². The smallest absolute Gasteiger partial charge is 0.329 e. The number of furan rings is 1. The predicted molar refractivity (Wildman–Crippen MR) is 144 cm³/mol. The normalized spacial score (nSPS) is 14.3. The summed E-state index contributed by atoms with van der Waals surface area (Å²) < 4.78 is 33.9. The minimum atomic E-state index is -3.92. The van der Waals surface area contributed by atoms with Crippen molar-refractivity contribution in [2.45, 2.75) is 49.7 Å². The molecule has 0 aliphatic heterocycles. The number of rotatable bonds is 9. The van der Waals surface area contributed by atoms with Crippen LogP contribution >= 0.6 is 23.2 Å². The number of nitrogens with one attached hydrogen (secondary N) is 2. The molecular formula is C26H26Cl2N4O5S. The Kier molecular flexibility index (Phi) is 9.22. The minimum absolute atomic E-state index is 0.0184. The van der Waals surface area contributed by atoms with E-state index in [4.69, 9.17) is 27.6 Å². The van der Waals surface area contributed by atoms with Crippen LogP contribution in [0, 0.1) is 0 Å². The van der Waals surface area contributed by atoms with Crippen molar-refractivity contribution in [3.8, 4) is 0 Å². The molecule has 12 heteroatoms. The number of sulfonamides is 1. The van der Waals surface area contributed by atoms with Crippen molar-refractivity contribution >= 4 is 51.3 Å². The highest BCUT2D eigenvalue weighted by atomic mass is 35.5. The van der Waals surface area contributed by atoms with E-state index in [1.54, 1.807) is 36.4 Å². The second kappa shape index (κ2) is 12.6. The second-order valence-electron chi connectivity index (χ2n) is 8.81. The first-order valence-electron chi connectivity index (χ1n) is 11.9. The van der Waals surface area contributed by atoms with E-state index in [2.05, 4.69) is 15.8 Å². The van der Waals surface area contributed by atoms with Crippen LogP contribution in [0.3, 0.4) is 0 Å². The highest BCUT2D eigenvalue weighted by molar-refractivity contribution is 7.89. The lowest BCUT2D eigenvalue weighted by atomic mass is 10.2. The van der Waals surface area contributed by atoms with Crippen LogP contribution in [-0.2, 0) is 32.7 Å². The number of benzene rings is 2. The highest BCUT2D eigenvalue weighted by Crippen LogP contribution is 2.24. The Morgan fingerprint density at radius 1 is 0.921 bits per heavy atom. The predicted octanol–water partition coefficient (Wildman–Crippen LogP) is 4.49. The fourth-order valence-electron chi connectivity index (χ4n) is 4.02. The van der Waals surface area contributed by atoms with Gasteiger partial charge in [0.05, 0.1) is 17.7 Å². The van der Waals surface area contributed by atoms with Crippen molar-refractivity contribution in [1.29, 1.82) is 0 Å². The van der Waals surface area contributed by atoms with E-state index in [-0.39, 0.29) is 29.8 Å². The summed E-state index contributed by atoms with van der Waals surface area (Å²) in [6, 6.07) is 16.0. The third-order valence-corrected chi connectivity index (χ3v) is 8.30. The Morgan fingerprint density at radius 3 is 2.21 bits per heavy atom. The van der Waals surface area contributed by atoms with E-state index in [0.717, 1.165) is 31.2 Å². The Hall–Kier alpha value is -3.18. The maximum atomic E-state index is 13.5. The van der Waals surface area contributed by atoms with Gasteiger partial charge in [-0.25, -0.2) is 13.8 Å². The monoisotopic (exact) mass is 576 g/mol. The summed E-state index contributed by atoms with van der Waals surface area (Å²) >= 11 is 11.9. The molecule has 1 aromatic heterocycles. The summed E-state index contributed by atoms with van der Waals surface area (Å²) in [4.78, 5) is 24.0. The molecule has 2 N–H and O–H groups in total. The lowest BCUT2D eigenvalue weighted by Crippen LogP contribution is -2.42. The van der Waals surface area contributed by atoms with Crippen LogP contribution in [0.15, 0.2) is 75.1 Å². The third kappa shape index (κ3) is 7.44. The topological polar surface area (TPSA) is 121 Å². The van der Waals surface area contributed by atoms with Gasteiger partial charge in [-0.2, -0.15) is 9.41 Å². The summed E-state index contributed by atoms with van der Waals surface area (Å²) in [6.45, 7) is -0.00397. The molecule has 38 heavy (non-hydrogen) atoms. The number of halogens is 2. The summed E-state index contributed by atoms with van der Waals surface area (Å²) in [7, 11) is -3.92. The zero-order valence-electron chi connectivity index (χ0n) is 20.3. The first-order chi connectivity index (χ1) is 18.2. The van der Waals surface area contributed by atoms with Gasteiger partial charge in [-0.05, 0) is 66.9 Å². The van der Waals surface area contributed by atoms with Crippen LogP contribution < -0.4 is 10.7 Å². The number of carbonyl (C=O) groups excluding carboxylic acids is 2. The number of hydrogen-bond donors (Lipinski definition) is 2. The number of hydrazone groups is 1. The van der Waals surface area contributed by atoms with Crippen molar-refractivity contribution in [3.05, 3.63) is 87.8 Å². The van der Waals surface area contributed by atoms with Gasteiger partial charge in [0.2, 0.25) is 10.0 Å². The van der Waals surface area contributed by atoms with Crippen LogP contribution in [0.1, 0.15) is 42.8 Å². The summed E-state index contributed by atoms with van der Waals surface area (Å²) in [5.74, 6) is -0.988. The van der Waals surface area contributed by atoms with E-state index >= 15 is 0 Å². The Morgan fingerprint density at radius 2 is 1.55 bits per heavy atom. The van der Waals surface area contributed by atoms with Crippen LogP contribution in [0.25, 0.3) is 0 Å². The van der Waals surface area contributed by atoms with Crippen molar-refractivity contribution in [2.75, 3.05) is 0 Å². The fourth-order valence-corrected chi connectivity index (χ4v) is 5.67. The lowest BCUT2D eigenvalue weighted by Gasteiger charge is -2.21. The zero-order chi connectivity index (χ0) is 27.1. The molecule has 0 saturated heterocycles. The fraction of sp³-hybridized carbons (Fsp3) is 0.269. The molecule has 200 valence electrons. The van der Waals surface area contributed by atoms with Gasteiger partial charge in [0.1, 0.15) is 11.5 Å². The molecule has 1 saturated carbocycles. The Labute approximate surface area is 230 Å². The number of amides is 2. The van der Waals surface area contributed by atoms with E-state index in [1.165, 1.54) is 34.8 Å². The first kappa shape index (κ1) is 27.8. The number of hydrogen-bond acceptors (Lipinski definition) is 6. The minimum Gasteiger partial charge on any atom is -0.459 e. The molecule has 1 aliphatic rings. The van der Waals surface area contributed by atoms with Gasteiger partial charge < -0.3 is 9.73 Å².